The lowest BCUT2D eigenvalue weighted by atomic mass is 9.96. The number of alkyl halides is 3. The van der Waals surface area contributed by atoms with Gasteiger partial charge < -0.3 is 9.47 Å². The lowest BCUT2D eigenvalue weighted by molar-refractivity contribution is -0.168. The number of hydrogen-bond acceptors (Lipinski definition) is 3. The van der Waals surface area contributed by atoms with Crippen molar-refractivity contribution >= 4 is 5.97 Å². The van der Waals surface area contributed by atoms with Crippen LogP contribution in [0.5, 0.6) is 5.75 Å². The lowest BCUT2D eigenvalue weighted by Gasteiger charge is -2.17. The Morgan fingerprint density at radius 1 is 0.935 bits per heavy atom. The summed E-state index contributed by atoms with van der Waals surface area (Å²) in [6.07, 6.45) is -2.45. The van der Waals surface area contributed by atoms with E-state index in [4.69, 9.17) is 9.47 Å². The van der Waals surface area contributed by atoms with Crippen LogP contribution in [0.15, 0.2) is 48.5 Å². The number of ether oxygens (including phenoxy) is 2. The van der Waals surface area contributed by atoms with Gasteiger partial charge in [0.1, 0.15) is 18.2 Å². The molecule has 0 aliphatic carbocycles. The summed E-state index contributed by atoms with van der Waals surface area (Å²) in [4.78, 5) is 11.7. The second kappa shape index (κ2) is 12.3. The van der Waals surface area contributed by atoms with Gasteiger partial charge in [-0.2, -0.15) is 13.2 Å². The van der Waals surface area contributed by atoms with E-state index in [1.165, 1.54) is 12.1 Å². The first-order valence-corrected chi connectivity index (χ1v) is 10.5. The highest BCUT2D eigenvalue weighted by atomic mass is 19.4. The molecule has 2 rings (SSSR count). The van der Waals surface area contributed by atoms with Gasteiger partial charge in [-0.05, 0) is 61.6 Å². The highest BCUT2D eigenvalue weighted by Gasteiger charge is 2.35. The highest BCUT2D eigenvalue weighted by molar-refractivity contribution is 5.72. The number of benzene rings is 2. The molecule has 0 heterocycles. The summed E-state index contributed by atoms with van der Waals surface area (Å²) in [5.41, 5.74) is 1.98. The summed E-state index contributed by atoms with van der Waals surface area (Å²) in [5, 5.41) is 0. The second-order valence-corrected chi connectivity index (χ2v) is 7.43. The summed E-state index contributed by atoms with van der Waals surface area (Å²) in [7, 11) is 0. The molecule has 0 N–H and O–H groups in total. The Bertz CT molecular complexity index is 786. The number of carbonyl (C=O) groups is 1. The number of halogens is 4. The minimum absolute atomic E-state index is 0.0802. The molecule has 0 fully saturated rings. The zero-order valence-electron chi connectivity index (χ0n) is 17.6. The van der Waals surface area contributed by atoms with Crippen LogP contribution in [-0.4, -0.2) is 18.8 Å². The summed E-state index contributed by atoms with van der Waals surface area (Å²) in [6.45, 7) is 2.01. The number of hydrogen-bond donors (Lipinski definition) is 0. The molecule has 0 spiro atoms. The van der Waals surface area contributed by atoms with Gasteiger partial charge in [0, 0.05) is 0 Å². The fraction of sp³-hybridized carbons (Fsp3) is 0.458. The predicted molar refractivity (Wildman–Crippen MR) is 110 cm³/mol. The molecular weight excluding hydrogens is 412 g/mol. The van der Waals surface area contributed by atoms with Gasteiger partial charge >= 0.3 is 12.1 Å². The predicted octanol–water partition coefficient (Wildman–Crippen LogP) is 6.64. The second-order valence-electron chi connectivity index (χ2n) is 7.43. The van der Waals surface area contributed by atoms with E-state index >= 15 is 0 Å². The van der Waals surface area contributed by atoms with Crippen LogP contribution in [0.25, 0.3) is 0 Å². The van der Waals surface area contributed by atoms with E-state index in [0.717, 1.165) is 30.4 Å². The third-order valence-electron chi connectivity index (χ3n) is 4.86. The molecule has 0 aliphatic rings. The normalized spacial score (nSPS) is 12.4. The van der Waals surface area contributed by atoms with Gasteiger partial charge in [0.2, 0.25) is 0 Å². The van der Waals surface area contributed by atoms with Crippen molar-refractivity contribution in [2.75, 3.05) is 6.61 Å². The molecule has 0 saturated heterocycles. The molecule has 2 aromatic carbocycles. The van der Waals surface area contributed by atoms with Crippen LogP contribution in [0.1, 0.15) is 50.2 Å². The van der Waals surface area contributed by atoms with Crippen LogP contribution in [0.3, 0.4) is 0 Å². The lowest BCUT2D eigenvalue weighted by Crippen LogP contribution is -2.24. The van der Waals surface area contributed by atoms with Crippen LogP contribution >= 0.6 is 0 Å². The van der Waals surface area contributed by atoms with Crippen LogP contribution in [0.4, 0.5) is 17.6 Å². The highest BCUT2D eigenvalue weighted by Crippen LogP contribution is 2.29. The molecule has 0 saturated carbocycles. The maximum absolute atomic E-state index is 12.9. The Hall–Kier alpha value is -2.57. The van der Waals surface area contributed by atoms with Gasteiger partial charge in [-0.15, -0.1) is 0 Å². The third kappa shape index (κ3) is 9.85. The molecule has 1 unspecified atom stereocenters. The smallest absolute Gasteiger partial charge is 0.389 e. The Balaban J connectivity index is 1.70. The van der Waals surface area contributed by atoms with E-state index in [1.807, 2.05) is 24.3 Å². The topological polar surface area (TPSA) is 35.5 Å². The Morgan fingerprint density at radius 3 is 2.19 bits per heavy atom. The summed E-state index contributed by atoms with van der Waals surface area (Å²) in [5.74, 6) is -1.48. The van der Waals surface area contributed by atoms with Gasteiger partial charge in [-0.1, -0.05) is 37.1 Å². The van der Waals surface area contributed by atoms with Gasteiger partial charge in [-0.25, -0.2) is 4.39 Å². The van der Waals surface area contributed by atoms with Crippen LogP contribution < -0.4 is 4.74 Å². The van der Waals surface area contributed by atoms with E-state index in [-0.39, 0.29) is 18.8 Å². The molecule has 2 aromatic rings. The van der Waals surface area contributed by atoms with Crippen molar-refractivity contribution in [1.29, 1.82) is 0 Å². The maximum Gasteiger partial charge on any atom is 0.389 e. The molecule has 0 amide bonds. The fourth-order valence-electron chi connectivity index (χ4n) is 3.24. The first-order valence-electron chi connectivity index (χ1n) is 10.5. The molecular formula is C24H28F4O3. The van der Waals surface area contributed by atoms with E-state index in [9.17, 15) is 22.4 Å². The number of aryl methyl sites for hydroxylation is 1. The van der Waals surface area contributed by atoms with Gasteiger partial charge in [0.25, 0.3) is 0 Å². The Labute approximate surface area is 180 Å². The van der Waals surface area contributed by atoms with Crippen molar-refractivity contribution in [3.05, 3.63) is 65.5 Å². The maximum atomic E-state index is 12.9. The van der Waals surface area contributed by atoms with Gasteiger partial charge in [0.15, 0.2) is 0 Å². The molecule has 170 valence electrons. The number of rotatable bonds is 12. The molecule has 7 heteroatoms. The van der Waals surface area contributed by atoms with Crippen molar-refractivity contribution in [2.24, 2.45) is 5.92 Å². The SMILES string of the molecule is CCOC(=O)C(CCCCCc1ccc(OCc2ccc(F)cc2)cc1)CC(F)(F)F. The van der Waals surface area contributed by atoms with Crippen molar-refractivity contribution in [3.63, 3.8) is 0 Å². The van der Waals surface area contributed by atoms with Crippen LogP contribution in [-0.2, 0) is 22.6 Å². The first kappa shape index (κ1) is 24.7. The molecule has 31 heavy (non-hydrogen) atoms. The largest absolute Gasteiger partial charge is 0.489 e. The van der Waals surface area contributed by atoms with Crippen LogP contribution in [0, 0.1) is 11.7 Å². The average molecular weight is 440 g/mol. The van der Waals surface area contributed by atoms with Gasteiger partial charge in [-0.3, -0.25) is 4.79 Å². The number of carbonyl (C=O) groups excluding carboxylic acids is 1. The molecule has 1 atom stereocenters. The minimum atomic E-state index is -4.38. The number of unbranched alkanes of at least 4 members (excludes halogenated alkanes) is 2. The zero-order chi connectivity index (χ0) is 22.7. The summed E-state index contributed by atoms with van der Waals surface area (Å²) < 4.78 is 61.4. The van der Waals surface area contributed by atoms with E-state index in [2.05, 4.69) is 0 Å². The quantitative estimate of drug-likeness (QED) is 0.211. The van der Waals surface area contributed by atoms with Crippen LogP contribution in [0.2, 0.25) is 0 Å². The molecule has 0 aliphatic heterocycles. The fourth-order valence-corrected chi connectivity index (χ4v) is 3.24. The first-order chi connectivity index (χ1) is 14.8. The minimum Gasteiger partial charge on any atom is -0.489 e. The third-order valence-corrected chi connectivity index (χ3v) is 4.86. The molecule has 3 nitrogen and oxygen atoms in total. The zero-order valence-corrected chi connectivity index (χ0v) is 17.6. The standard InChI is InChI=1S/C24H28F4O3/c1-2-30-23(29)20(16-24(26,27)28)7-5-3-4-6-18-10-14-22(15-11-18)31-17-19-8-12-21(25)13-9-19/h8-15,20H,2-7,16-17H2,1H3. The van der Waals surface area contributed by atoms with E-state index in [0.29, 0.717) is 18.8 Å². The number of esters is 1. The van der Waals surface area contributed by atoms with E-state index < -0.39 is 24.5 Å². The Kier molecular flexibility index (Phi) is 9.82. The monoisotopic (exact) mass is 440 g/mol. The Morgan fingerprint density at radius 2 is 1.58 bits per heavy atom. The van der Waals surface area contributed by atoms with Gasteiger partial charge in [0.05, 0.1) is 18.9 Å². The van der Waals surface area contributed by atoms with Crippen molar-refractivity contribution < 1.29 is 31.8 Å². The van der Waals surface area contributed by atoms with Crippen molar-refractivity contribution in [1.82, 2.24) is 0 Å². The molecule has 0 bridgehead atoms. The van der Waals surface area contributed by atoms with Crippen molar-refractivity contribution in [3.8, 4) is 5.75 Å². The average Bonchev–Trinajstić information content (AvgIpc) is 2.72. The van der Waals surface area contributed by atoms with E-state index in [1.54, 1.807) is 19.1 Å². The summed E-state index contributed by atoms with van der Waals surface area (Å²) >= 11 is 0. The summed E-state index contributed by atoms with van der Waals surface area (Å²) in [6, 6.07) is 13.7. The van der Waals surface area contributed by atoms with Crippen molar-refractivity contribution in [2.45, 2.75) is 58.2 Å². The molecule has 0 radical (unpaired) electrons. The molecule has 0 aromatic heterocycles.